The lowest BCUT2D eigenvalue weighted by molar-refractivity contribution is -0.143. The fraction of sp³-hybridized carbons (Fsp3) is 0.529. The minimum absolute atomic E-state index is 0.0689. The van der Waals surface area contributed by atoms with Crippen molar-refractivity contribution in [2.75, 3.05) is 11.9 Å². The summed E-state index contributed by atoms with van der Waals surface area (Å²) in [6.45, 7) is 4.61. The highest BCUT2D eigenvalue weighted by atomic mass is 16.5. The fourth-order valence-corrected chi connectivity index (χ4v) is 1.84. The van der Waals surface area contributed by atoms with E-state index in [1.165, 1.54) is 5.56 Å². The summed E-state index contributed by atoms with van der Waals surface area (Å²) in [4.78, 5) is 23.1. The molecule has 0 fully saturated rings. The average Bonchev–Trinajstić information content (AvgIpc) is 2.48. The van der Waals surface area contributed by atoms with Gasteiger partial charge in [-0.25, -0.2) is 0 Å². The number of unbranched alkanes of at least 4 members (excludes halogenated alkanes) is 1. The molecule has 21 heavy (non-hydrogen) atoms. The average molecular weight is 291 g/mol. The Bertz CT molecular complexity index is 440. The van der Waals surface area contributed by atoms with Crippen molar-refractivity contribution in [3.05, 3.63) is 29.8 Å². The summed E-state index contributed by atoms with van der Waals surface area (Å²) < 4.78 is 5.04. The van der Waals surface area contributed by atoms with Crippen LogP contribution in [0, 0.1) is 0 Å². The molecule has 1 N–H and O–H groups in total. The minimum atomic E-state index is -0.219. The molecule has 4 nitrogen and oxygen atoms in total. The van der Waals surface area contributed by atoms with Gasteiger partial charge in [0.25, 0.3) is 0 Å². The summed E-state index contributed by atoms with van der Waals surface area (Å²) in [5, 5.41) is 2.83. The first-order valence-electron chi connectivity index (χ1n) is 7.70. The van der Waals surface area contributed by atoms with Crippen LogP contribution < -0.4 is 5.32 Å². The number of nitrogens with one attached hydrogen (secondary N) is 1. The Morgan fingerprint density at radius 2 is 1.76 bits per heavy atom. The molecule has 0 saturated carbocycles. The van der Waals surface area contributed by atoms with E-state index in [4.69, 9.17) is 4.74 Å². The third-order valence-corrected chi connectivity index (χ3v) is 3.19. The molecule has 0 bridgehead atoms. The third kappa shape index (κ3) is 7.49. The third-order valence-electron chi connectivity index (χ3n) is 3.19. The van der Waals surface area contributed by atoms with Crippen LogP contribution in [0.5, 0.6) is 0 Å². The molecule has 0 saturated heterocycles. The minimum Gasteiger partial charge on any atom is -0.466 e. The van der Waals surface area contributed by atoms with Gasteiger partial charge in [0, 0.05) is 18.5 Å². The molecular formula is C17H25NO3. The number of esters is 1. The number of ether oxygens (including phenoxy) is 1. The van der Waals surface area contributed by atoms with Crippen molar-refractivity contribution in [3.8, 4) is 0 Å². The maximum absolute atomic E-state index is 11.7. The van der Waals surface area contributed by atoms with Gasteiger partial charge in [-0.3, -0.25) is 9.59 Å². The maximum atomic E-state index is 11.7. The highest BCUT2D eigenvalue weighted by Crippen LogP contribution is 2.11. The number of rotatable bonds is 9. The Labute approximate surface area is 126 Å². The topological polar surface area (TPSA) is 55.4 Å². The molecule has 1 aromatic carbocycles. The van der Waals surface area contributed by atoms with Gasteiger partial charge in [0.05, 0.1) is 6.61 Å². The van der Waals surface area contributed by atoms with E-state index in [9.17, 15) is 9.59 Å². The molecule has 0 aliphatic heterocycles. The lowest BCUT2D eigenvalue weighted by Gasteiger charge is -2.06. The Hall–Kier alpha value is -1.84. The van der Waals surface area contributed by atoms with Crippen molar-refractivity contribution < 1.29 is 14.3 Å². The Morgan fingerprint density at radius 3 is 2.38 bits per heavy atom. The van der Waals surface area contributed by atoms with Gasteiger partial charge in [-0.15, -0.1) is 0 Å². The van der Waals surface area contributed by atoms with Gasteiger partial charge in [0.1, 0.15) is 0 Å². The molecule has 0 aliphatic rings. The molecule has 116 valence electrons. The molecule has 1 rings (SSSR count). The first kappa shape index (κ1) is 17.2. The fourth-order valence-electron chi connectivity index (χ4n) is 1.84. The predicted molar refractivity (Wildman–Crippen MR) is 84.2 cm³/mol. The van der Waals surface area contributed by atoms with E-state index in [1.807, 2.05) is 31.2 Å². The van der Waals surface area contributed by atoms with E-state index < -0.39 is 0 Å². The van der Waals surface area contributed by atoms with Crippen molar-refractivity contribution >= 4 is 17.6 Å². The van der Waals surface area contributed by atoms with Gasteiger partial charge in [-0.05, 0) is 37.0 Å². The standard InChI is InChI=1S/C17H25NO3/c1-3-5-13-21-17(20)8-6-7-16(19)18-15-11-9-14(4-2)10-12-15/h9-12H,3-8,13H2,1-2H3,(H,18,19). The molecule has 0 radical (unpaired) electrons. The van der Waals surface area contributed by atoms with Crippen molar-refractivity contribution in [2.24, 2.45) is 0 Å². The van der Waals surface area contributed by atoms with Crippen LogP contribution in [0.1, 0.15) is 51.5 Å². The Kier molecular flexibility index (Phi) is 8.17. The molecule has 0 heterocycles. The SMILES string of the molecule is CCCCOC(=O)CCCC(=O)Nc1ccc(CC)cc1. The number of carbonyl (C=O) groups is 2. The molecule has 0 atom stereocenters. The summed E-state index contributed by atoms with van der Waals surface area (Å²) in [6, 6.07) is 7.80. The van der Waals surface area contributed by atoms with Gasteiger partial charge < -0.3 is 10.1 Å². The molecule has 1 amide bonds. The van der Waals surface area contributed by atoms with Gasteiger partial charge in [0.15, 0.2) is 0 Å². The van der Waals surface area contributed by atoms with Crippen molar-refractivity contribution in [2.45, 2.75) is 52.4 Å². The van der Waals surface area contributed by atoms with E-state index in [0.717, 1.165) is 24.9 Å². The first-order valence-corrected chi connectivity index (χ1v) is 7.70. The van der Waals surface area contributed by atoms with Gasteiger partial charge in [0.2, 0.25) is 5.91 Å². The van der Waals surface area contributed by atoms with Crippen LogP contribution >= 0.6 is 0 Å². The lowest BCUT2D eigenvalue weighted by atomic mass is 10.1. The molecule has 4 heteroatoms. The van der Waals surface area contributed by atoms with Crippen molar-refractivity contribution in [1.29, 1.82) is 0 Å². The van der Waals surface area contributed by atoms with Crippen LogP contribution in [0.2, 0.25) is 0 Å². The van der Waals surface area contributed by atoms with E-state index in [1.54, 1.807) is 0 Å². The number of aryl methyl sites for hydroxylation is 1. The Morgan fingerprint density at radius 1 is 1.05 bits per heavy atom. The molecular weight excluding hydrogens is 266 g/mol. The zero-order valence-corrected chi connectivity index (χ0v) is 13.0. The second kappa shape index (κ2) is 9.97. The Balaban J connectivity index is 2.20. The van der Waals surface area contributed by atoms with Crippen LogP contribution in [-0.2, 0) is 20.7 Å². The normalized spacial score (nSPS) is 10.2. The van der Waals surface area contributed by atoms with E-state index in [-0.39, 0.29) is 11.9 Å². The number of carbonyl (C=O) groups excluding carboxylic acids is 2. The lowest BCUT2D eigenvalue weighted by Crippen LogP contribution is -2.12. The van der Waals surface area contributed by atoms with Crippen LogP contribution in [0.3, 0.4) is 0 Å². The molecule has 0 spiro atoms. The monoisotopic (exact) mass is 291 g/mol. The number of hydrogen-bond donors (Lipinski definition) is 1. The van der Waals surface area contributed by atoms with Gasteiger partial charge in [-0.2, -0.15) is 0 Å². The van der Waals surface area contributed by atoms with E-state index in [0.29, 0.717) is 25.9 Å². The molecule has 1 aromatic rings. The maximum Gasteiger partial charge on any atom is 0.305 e. The number of anilines is 1. The van der Waals surface area contributed by atoms with Crippen LogP contribution in [0.15, 0.2) is 24.3 Å². The smallest absolute Gasteiger partial charge is 0.305 e. The highest BCUT2D eigenvalue weighted by molar-refractivity contribution is 5.90. The van der Waals surface area contributed by atoms with E-state index >= 15 is 0 Å². The van der Waals surface area contributed by atoms with Crippen LogP contribution in [0.25, 0.3) is 0 Å². The number of amides is 1. The molecule has 0 aliphatic carbocycles. The van der Waals surface area contributed by atoms with Gasteiger partial charge >= 0.3 is 5.97 Å². The zero-order chi connectivity index (χ0) is 15.5. The van der Waals surface area contributed by atoms with Crippen molar-refractivity contribution in [3.63, 3.8) is 0 Å². The summed E-state index contributed by atoms with van der Waals surface area (Å²) in [6.07, 6.45) is 4.02. The quantitative estimate of drug-likeness (QED) is 0.557. The second-order valence-corrected chi connectivity index (χ2v) is 5.03. The summed E-state index contributed by atoms with van der Waals surface area (Å²) >= 11 is 0. The predicted octanol–water partition coefficient (Wildman–Crippen LogP) is 3.70. The molecule has 0 aromatic heterocycles. The number of benzene rings is 1. The summed E-state index contributed by atoms with van der Waals surface area (Å²) in [5.74, 6) is -0.288. The zero-order valence-electron chi connectivity index (χ0n) is 13.0. The summed E-state index contributed by atoms with van der Waals surface area (Å²) in [7, 11) is 0. The van der Waals surface area contributed by atoms with Gasteiger partial charge in [-0.1, -0.05) is 32.4 Å². The van der Waals surface area contributed by atoms with Crippen molar-refractivity contribution in [1.82, 2.24) is 0 Å². The highest BCUT2D eigenvalue weighted by Gasteiger charge is 2.06. The largest absolute Gasteiger partial charge is 0.466 e. The summed E-state index contributed by atoms with van der Waals surface area (Å²) in [5.41, 5.74) is 2.03. The number of hydrogen-bond acceptors (Lipinski definition) is 3. The first-order chi connectivity index (χ1) is 10.2. The molecule has 0 unspecified atom stereocenters. The van der Waals surface area contributed by atoms with Crippen LogP contribution in [-0.4, -0.2) is 18.5 Å². The second-order valence-electron chi connectivity index (χ2n) is 5.03. The van der Waals surface area contributed by atoms with Crippen LogP contribution in [0.4, 0.5) is 5.69 Å². The van der Waals surface area contributed by atoms with E-state index in [2.05, 4.69) is 12.2 Å².